The van der Waals surface area contributed by atoms with Gasteiger partial charge in [0.25, 0.3) is 0 Å². The molecule has 0 N–H and O–H groups in total. The van der Waals surface area contributed by atoms with Crippen molar-refractivity contribution < 1.29 is 60.3 Å². The molecular formula is C15H12F11NO3S2. The van der Waals surface area contributed by atoms with Gasteiger partial charge in [-0.05, 0) is 30.2 Å². The molecule has 32 heavy (non-hydrogen) atoms. The first-order valence-electron chi connectivity index (χ1n) is 7.70. The molecule has 0 saturated carbocycles. The van der Waals surface area contributed by atoms with Gasteiger partial charge in [0.2, 0.25) is 0 Å². The van der Waals surface area contributed by atoms with Crippen LogP contribution in [0.5, 0.6) is 0 Å². The van der Waals surface area contributed by atoms with E-state index in [2.05, 4.69) is 3.63 Å². The standard InChI is InChI=1S/C15H12F11NO3S2/c1-31(2,8-10-5-3-9(7-27)4-6-10)30-32(28,29)15(25,26)13(20,21)11(16,17)12(18,19)14(22,23)24/h3-6H,8H2,1-2H3. The molecule has 0 atom stereocenters. The van der Waals surface area contributed by atoms with Gasteiger partial charge in [0.15, 0.2) is 0 Å². The Balaban J connectivity index is 3.33. The maximum absolute atomic E-state index is 13.9. The first-order valence-corrected chi connectivity index (χ1v) is 11.7. The molecule has 0 radical (unpaired) electrons. The second-order valence-corrected chi connectivity index (χ2v) is 11.8. The Hall–Kier alpha value is -1.80. The first kappa shape index (κ1) is 28.2. The minimum Gasteiger partial charge on any atom is -0.215 e. The van der Waals surface area contributed by atoms with Gasteiger partial charge in [0.05, 0.1) is 11.6 Å². The summed E-state index contributed by atoms with van der Waals surface area (Å²) in [6, 6.07) is 6.48. The summed E-state index contributed by atoms with van der Waals surface area (Å²) in [7, 11) is -10.6. The van der Waals surface area contributed by atoms with E-state index in [4.69, 9.17) is 5.26 Å². The Labute approximate surface area is 175 Å². The lowest BCUT2D eigenvalue weighted by Crippen LogP contribution is -2.68. The predicted octanol–water partition coefficient (Wildman–Crippen LogP) is 5.44. The average molecular weight is 527 g/mol. The number of rotatable bonds is 8. The number of hydrogen-bond donors (Lipinski definition) is 0. The highest BCUT2D eigenvalue weighted by Crippen LogP contribution is 2.60. The molecule has 184 valence electrons. The number of alkyl halides is 11. The minimum absolute atomic E-state index is 0.114. The van der Waals surface area contributed by atoms with Crippen molar-refractivity contribution in [1.82, 2.24) is 0 Å². The van der Waals surface area contributed by atoms with Crippen LogP contribution in [0.25, 0.3) is 0 Å². The molecule has 0 heterocycles. The van der Waals surface area contributed by atoms with Gasteiger partial charge in [-0.2, -0.15) is 62.0 Å². The van der Waals surface area contributed by atoms with E-state index in [-0.39, 0.29) is 11.1 Å². The third-order valence-corrected chi connectivity index (χ3v) is 7.80. The van der Waals surface area contributed by atoms with E-state index in [1.807, 2.05) is 0 Å². The van der Waals surface area contributed by atoms with Crippen molar-refractivity contribution in [1.29, 1.82) is 5.26 Å². The lowest BCUT2D eigenvalue weighted by molar-refractivity contribution is -0.413. The minimum atomic E-state index is -7.87. The van der Waals surface area contributed by atoms with E-state index in [1.54, 1.807) is 6.07 Å². The number of nitrogens with zero attached hydrogens (tertiary/aromatic N) is 1. The van der Waals surface area contributed by atoms with Gasteiger partial charge in [-0.25, -0.2) is 3.63 Å². The fourth-order valence-corrected chi connectivity index (χ4v) is 6.01. The van der Waals surface area contributed by atoms with Crippen LogP contribution in [0.2, 0.25) is 0 Å². The number of nitriles is 1. The van der Waals surface area contributed by atoms with Crippen LogP contribution in [0, 0.1) is 11.3 Å². The third-order valence-electron chi connectivity index (χ3n) is 3.70. The number of benzene rings is 1. The zero-order valence-corrected chi connectivity index (χ0v) is 17.3. The molecule has 1 rings (SSSR count). The summed E-state index contributed by atoms with van der Waals surface area (Å²) in [6.45, 7) is 0. The van der Waals surface area contributed by atoms with Crippen LogP contribution in [0.15, 0.2) is 24.3 Å². The molecule has 0 fully saturated rings. The second-order valence-electron chi connectivity index (χ2n) is 6.65. The fourth-order valence-electron chi connectivity index (χ4n) is 2.10. The predicted molar refractivity (Wildman–Crippen MR) is 90.1 cm³/mol. The molecule has 4 nitrogen and oxygen atoms in total. The van der Waals surface area contributed by atoms with E-state index >= 15 is 0 Å². The summed E-state index contributed by atoms with van der Waals surface area (Å²) in [5.74, 6) is -23.9. The van der Waals surface area contributed by atoms with Crippen LogP contribution >= 0.6 is 10.3 Å². The first-order chi connectivity index (χ1) is 14.0. The maximum atomic E-state index is 13.9. The Morgan fingerprint density at radius 3 is 1.62 bits per heavy atom. The lowest BCUT2D eigenvalue weighted by atomic mass is 10.0. The van der Waals surface area contributed by atoms with Crippen molar-refractivity contribution in [3.8, 4) is 6.07 Å². The van der Waals surface area contributed by atoms with E-state index in [9.17, 15) is 56.7 Å². The summed E-state index contributed by atoms with van der Waals surface area (Å²) in [5, 5.41) is 1.48. The van der Waals surface area contributed by atoms with Crippen molar-refractivity contribution in [3.05, 3.63) is 35.4 Å². The van der Waals surface area contributed by atoms with Gasteiger partial charge in [0, 0.05) is 5.75 Å². The lowest BCUT2D eigenvalue weighted by Gasteiger charge is -2.38. The Kier molecular flexibility index (Phi) is 7.24. The molecule has 0 spiro atoms. The third kappa shape index (κ3) is 4.76. The quantitative estimate of drug-likeness (QED) is 0.422. The van der Waals surface area contributed by atoms with Gasteiger partial charge in [-0.15, -0.1) is 10.3 Å². The highest BCUT2D eigenvalue weighted by molar-refractivity contribution is 8.31. The van der Waals surface area contributed by atoms with Crippen molar-refractivity contribution in [2.45, 2.75) is 35.0 Å². The molecule has 0 bridgehead atoms. The van der Waals surface area contributed by atoms with Gasteiger partial charge >= 0.3 is 39.3 Å². The number of halogens is 11. The molecule has 17 heteroatoms. The smallest absolute Gasteiger partial charge is 0.215 e. The zero-order chi connectivity index (χ0) is 25.6. The number of hydrogen-bond acceptors (Lipinski definition) is 4. The van der Waals surface area contributed by atoms with Crippen LogP contribution in [0.1, 0.15) is 11.1 Å². The van der Waals surface area contributed by atoms with E-state index in [1.165, 1.54) is 24.3 Å². The van der Waals surface area contributed by atoms with E-state index < -0.39 is 55.4 Å². The summed E-state index contributed by atoms with van der Waals surface area (Å²) in [4.78, 5) is 0. The molecule has 0 aliphatic carbocycles. The van der Waals surface area contributed by atoms with Crippen LogP contribution in [-0.4, -0.2) is 50.1 Å². The van der Waals surface area contributed by atoms with Gasteiger partial charge in [0.1, 0.15) is 0 Å². The van der Waals surface area contributed by atoms with Crippen molar-refractivity contribution >= 4 is 20.4 Å². The summed E-state index contributed by atoms with van der Waals surface area (Å²) in [5.41, 5.74) is 0.234. The molecule has 1 aromatic carbocycles. The summed E-state index contributed by atoms with van der Waals surface area (Å²) >= 11 is 0. The molecule has 0 amide bonds. The summed E-state index contributed by atoms with van der Waals surface area (Å²) in [6.07, 6.45) is -5.83. The maximum Gasteiger partial charge on any atom is 0.460 e. The Morgan fingerprint density at radius 2 is 1.25 bits per heavy atom. The Morgan fingerprint density at radius 1 is 0.812 bits per heavy atom. The SMILES string of the molecule is CS(C)(Cc1ccc(C#N)cc1)OS(=O)(=O)C(F)(F)C(F)(F)C(F)(F)C(F)(F)C(F)(F)F. The van der Waals surface area contributed by atoms with Crippen molar-refractivity contribution in [2.75, 3.05) is 12.5 Å². The van der Waals surface area contributed by atoms with E-state index in [0.717, 1.165) is 12.5 Å². The van der Waals surface area contributed by atoms with Crippen molar-refractivity contribution in [3.63, 3.8) is 0 Å². The van der Waals surface area contributed by atoms with Gasteiger partial charge < -0.3 is 0 Å². The molecule has 0 saturated heterocycles. The molecular weight excluding hydrogens is 515 g/mol. The van der Waals surface area contributed by atoms with Gasteiger partial charge in [-0.1, -0.05) is 12.1 Å². The zero-order valence-electron chi connectivity index (χ0n) is 15.7. The topological polar surface area (TPSA) is 67.2 Å². The average Bonchev–Trinajstić information content (AvgIpc) is 2.59. The molecule has 0 aromatic heterocycles. The van der Waals surface area contributed by atoms with Crippen LogP contribution < -0.4 is 0 Å². The molecule has 1 aromatic rings. The molecule has 0 aliphatic rings. The second kappa shape index (κ2) is 8.20. The largest absolute Gasteiger partial charge is 0.460 e. The van der Waals surface area contributed by atoms with Crippen molar-refractivity contribution in [2.24, 2.45) is 0 Å². The Bertz CT molecular complexity index is 981. The highest BCUT2D eigenvalue weighted by atomic mass is 32.3. The fraction of sp³-hybridized carbons (Fsp3) is 0.533. The van der Waals surface area contributed by atoms with Crippen LogP contribution in [0.3, 0.4) is 0 Å². The van der Waals surface area contributed by atoms with E-state index in [0.29, 0.717) is 0 Å². The summed E-state index contributed by atoms with van der Waals surface area (Å²) < 4.78 is 171. The van der Waals surface area contributed by atoms with Crippen LogP contribution in [0.4, 0.5) is 48.3 Å². The highest BCUT2D eigenvalue weighted by Gasteiger charge is 2.90. The van der Waals surface area contributed by atoms with Crippen LogP contribution in [-0.2, 0) is 19.5 Å². The molecule has 0 aliphatic heterocycles. The van der Waals surface area contributed by atoms with Gasteiger partial charge in [-0.3, -0.25) is 0 Å². The monoisotopic (exact) mass is 527 g/mol. The molecule has 0 unspecified atom stereocenters. The normalized spacial score (nSPS) is 15.4.